The third-order valence-electron chi connectivity index (χ3n) is 3.53. The number of amides is 1. The summed E-state index contributed by atoms with van der Waals surface area (Å²) in [4.78, 5) is 15.8. The van der Waals surface area contributed by atoms with Gasteiger partial charge in [-0.25, -0.2) is 0 Å². The molecule has 1 atom stereocenters. The molecule has 2 rings (SSSR count). The number of nitrogens with zero attached hydrogens (tertiary/aromatic N) is 2. The summed E-state index contributed by atoms with van der Waals surface area (Å²) in [6, 6.07) is 0. The second kappa shape index (κ2) is 4.10. The Labute approximate surface area is 91.6 Å². The van der Waals surface area contributed by atoms with Crippen LogP contribution in [-0.2, 0) is 4.79 Å². The van der Waals surface area contributed by atoms with Crippen molar-refractivity contribution in [1.29, 1.82) is 0 Å². The average Bonchev–Trinajstić information content (AvgIpc) is 2.73. The molecule has 2 heterocycles. The smallest absolute Gasteiger partial charge is 0.237 e. The maximum Gasteiger partial charge on any atom is 0.237 e. The molecule has 1 N–H and O–H groups in total. The zero-order valence-electron chi connectivity index (χ0n) is 9.75. The summed E-state index contributed by atoms with van der Waals surface area (Å²) in [5.41, 5.74) is 0.365. The van der Waals surface area contributed by atoms with E-state index in [0.717, 1.165) is 32.8 Å². The van der Waals surface area contributed by atoms with Gasteiger partial charge in [0.05, 0.1) is 13.2 Å². The minimum Gasteiger partial charge on any atom is -0.329 e. The van der Waals surface area contributed by atoms with Crippen LogP contribution in [0.25, 0.3) is 0 Å². The monoisotopic (exact) mass is 211 g/mol. The van der Waals surface area contributed by atoms with Crippen molar-refractivity contribution < 1.29 is 4.79 Å². The number of hydrogen-bond acceptors (Lipinski definition) is 3. The van der Waals surface area contributed by atoms with Crippen molar-refractivity contribution in [3.05, 3.63) is 0 Å². The molecule has 0 aromatic carbocycles. The van der Waals surface area contributed by atoms with Crippen LogP contribution in [0, 0.1) is 5.41 Å². The molecule has 0 radical (unpaired) electrons. The fourth-order valence-corrected chi connectivity index (χ4v) is 2.59. The minimum absolute atomic E-state index is 0.284. The molecular weight excluding hydrogens is 190 g/mol. The lowest BCUT2D eigenvalue weighted by Gasteiger charge is -2.28. The van der Waals surface area contributed by atoms with Gasteiger partial charge in [-0.15, -0.1) is 0 Å². The van der Waals surface area contributed by atoms with E-state index in [1.54, 1.807) is 0 Å². The van der Waals surface area contributed by atoms with Gasteiger partial charge in [0.2, 0.25) is 5.91 Å². The van der Waals surface area contributed by atoms with Crippen LogP contribution in [0.5, 0.6) is 0 Å². The van der Waals surface area contributed by atoms with Crippen LogP contribution >= 0.6 is 0 Å². The second-order valence-electron chi connectivity index (χ2n) is 5.12. The Kier molecular flexibility index (Phi) is 2.98. The highest BCUT2D eigenvalue weighted by Crippen LogP contribution is 2.26. The van der Waals surface area contributed by atoms with E-state index in [1.807, 2.05) is 11.8 Å². The van der Waals surface area contributed by atoms with Gasteiger partial charge in [0.25, 0.3) is 0 Å². The Morgan fingerprint density at radius 2 is 2.33 bits per heavy atom. The second-order valence-corrected chi connectivity index (χ2v) is 5.12. The van der Waals surface area contributed by atoms with Crippen molar-refractivity contribution in [2.24, 2.45) is 5.41 Å². The van der Waals surface area contributed by atoms with Gasteiger partial charge in [0, 0.05) is 19.6 Å². The quantitative estimate of drug-likeness (QED) is 0.719. The Morgan fingerprint density at radius 1 is 1.53 bits per heavy atom. The summed E-state index contributed by atoms with van der Waals surface area (Å²) in [5.74, 6) is 0.284. The van der Waals surface area contributed by atoms with Crippen molar-refractivity contribution in [3.8, 4) is 0 Å². The molecule has 2 fully saturated rings. The molecule has 4 heteroatoms. The van der Waals surface area contributed by atoms with Crippen LogP contribution in [0.3, 0.4) is 0 Å². The van der Waals surface area contributed by atoms with Crippen LogP contribution in [0.4, 0.5) is 0 Å². The molecule has 1 unspecified atom stereocenters. The molecule has 0 aromatic rings. The summed E-state index contributed by atoms with van der Waals surface area (Å²) in [7, 11) is 0. The lowest BCUT2D eigenvalue weighted by Crippen LogP contribution is -2.37. The molecule has 2 aliphatic heterocycles. The molecule has 0 aromatic heterocycles. The molecule has 0 bridgehead atoms. The first-order valence-corrected chi connectivity index (χ1v) is 5.84. The molecule has 0 saturated carbocycles. The van der Waals surface area contributed by atoms with E-state index in [2.05, 4.69) is 17.1 Å². The number of carbonyl (C=O) groups is 1. The fourth-order valence-electron chi connectivity index (χ4n) is 2.59. The van der Waals surface area contributed by atoms with Gasteiger partial charge >= 0.3 is 0 Å². The lowest BCUT2D eigenvalue weighted by molar-refractivity contribution is -0.126. The van der Waals surface area contributed by atoms with E-state index in [1.165, 1.54) is 6.42 Å². The maximum atomic E-state index is 11.6. The Hall–Kier alpha value is -0.610. The minimum atomic E-state index is 0.284. The topological polar surface area (TPSA) is 35.6 Å². The van der Waals surface area contributed by atoms with Gasteiger partial charge in [-0.3, -0.25) is 9.69 Å². The lowest BCUT2D eigenvalue weighted by atomic mass is 9.89. The standard InChI is InChI=1S/C11H21N3O/c1-3-14-9-13(6-10(14)15)8-11(2)4-5-12-7-11/h12H,3-9H2,1-2H3. The predicted molar refractivity (Wildman–Crippen MR) is 59.4 cm³/mol. The molecule has 0 aliphatic carbocycles. The maximum absolute atomic E-state index is 11.6. The number of likely N-dealkylation sites (N-methyl/N-ethyl adjacent to an activating group) is 1. The number of nitrogens with one attached hydrogen (secondary N) is 1. The summed E-state index contributed by atoms with van der Waals surface area (Å²) in [5, 5.41) is 3.40. The number of rotatable bonds is 3. The highest BCUT2D eigenvalue weighted by Gasteiger charge is 2.34. The molecular formula is C11H21N3O. The van der Waals surface area contributed by atoms with Crippen LogP contribution in [0.1, 0.15) is 20.3 Å². The fraction of sp³-hybridized carbons (Fsp3) is 0.909. The molecule has 1 amide bonds. The number of carbonyl (C=O) groups excluding carboxylic acids is 1. The van der Waals surface area contributed by atoms with Crippen molar-refractivity contribution >= 4 is 5.91 Å². The van der Waals surface area contributed by atoms with Gasteiger partial charge < -0.3 is 10.2 Å². The van der Waals surface area contributed by atoms with E-state index in [4.69, 9.17) is 0 Å². The highest BCUT2D eigenvalue weighted by molar-refractivity contribution is 5.80. The Balaban J connectivity index is 1.88. The highest BCUT2D eigenvalue weighted by atomic mass is 16.2. The third kappa shape index (κ3) is 2.32. The van der Waals surface area contributed by atoms with Crippen LogP contribution in [0.15, 0.2) is 0 Å². The zero-order chi connectivity index (χ0) is 10.9. The average molecular weight is 211 g/mol. The first-order valence-electron chi connectivity index (χ1n) is 5.84. The molecule has 4 nitrogen and oxygen atoms in total. The summed E-state index contributed by atoms with van der Waals surface area (Å²) in [6.07, 6.45) is 1.23. The third-order valence-corrected chi connectivity index (χ3v) is 3.53. The largest absolute Gasteiger partial charge is 0.329 e. The van der Waals surface area contributed by atoms with E-state index < -0.39 is 0 Å². The molecule has 86 valence electrons. The van der Waals surface area contributed by atoms with Gasteiger partial charge in [-0.1, -0.05) is 6.92 Å². The van der Waals surface area contributed by atoms with Crippen molar-refractivity contribution in [3.63, 3.8) is 0 Å². The van der Waals surface area contributed by atoms with Crippen molar-refractivity contribution in [2.45, 2.75) is 20.3 Å². The van der Waals surface area contributed by atoms with Gasteiger partial charge in [0.15, 0.2) is 0 Å². The Bertz CT molecular complexity index is 248. The predicted octanol–water partition coefficient (Wildman–Crippen LogP) is 0.108. The van der Waals surface area contributed by atoms with Crippen LogP contribution < -0.4 is 5.32 Å². The number of hydrogen-bond donors (Lipinski definition) is 1. The van der Waals surface area contributed by atoms with Crippen LogP contribution in [-0.4, -0.2) is 55.1 Å². The Morgan fingerprint density at radius 3 is 2.87 bits per heavy atom. The first kappa shape index (κ1) is 10.9. The van der Waals surface area contributed by atoms with Gasteiger partial charge in [-0.2, -0.15) is 0 Å². The zero-order valence-corrected chi connectivity index (χ0v) is 9.75. The van der Waals surface area contributed by atoms with E-state index in [-0.39, 0.29) is 5.91 Å². The summed E-state index contributed by atoms with van der Waals surface area (Å²) in [6.45, 7) is 9.88. The molecule has 2 saturated heterocycles. The van der Waals surface area contributed by atoms with Gasteiger partial charge in [0.1, 0.15) is 0 Å². The van der Waals surface area contributed by atoms with Crippen molar-refractivity contribution in [1.82, 2.24) is 15.1 Å². The summed E-state index contributed by atoms with van der Waals surface area (Å²) < 4.78 is 0. The van der Waals surface area contributed by atoms with E-state index in [0.29, 0.717) is 12.0 Å². The molecule has 2 aliphatic rings. The van der Waals surface area contributed by atoms with E-state index in [9.17, 15) is 4.79 Å². The molecule has 15 heavy (non-hydrogen) atoms. The molecule has 0 spiro atoms. The summed E-state index contributed by atoms with van der Waals surface area (Å²) >= 11 is 0. The SMILES string of the molecule is CCN1CN(CC2(C)CCNC2)CC1=O. The first-order chi connectivity index (χ1) is 7.13. The van der Waals surface area contributed by atoms with Crippen LogP contribution in [0.2, 0.25) is 0 Å². The van der Waals surface area contributed by atoms with Crippen molar-refractivity contribution in [2.75, 3.05) is 39.4 Å². The van der Waals surface area contributed by atoms with Gasteiger partial charge in [-0.05, 0) is 25.3 Å². The normalized spacial score (nSPS) is 32.9. The van der Waals surface area contributed by atoms with E-state index >= 15 is 0 Å².